The zero-order valence-corrected chi connectivity index (χ0v) is 14.1. The van der Waals surface area contributed by atoms with E-state index in [-0.39, 0.29) is 6.54 Å². The van der Waals surface area contributed by atoms with E-state index >= 15 is 0 Å². The van der Waals surface area contributed by atoms with Crippen LogP contribution in [0.4, 0.5) is 4.79 Å². The van der Waals surface area contributed by atoms with Crippen LogP contribution < -0.4 is 10.1 Å². The minimum absolute atomic E-state index is 0.233. The number of amides is 1. The van der Waals surface area contributed by atoms with Crippen molar-refractivity contribution < 1.29 is 14.3 Å². The largest absolute Gasteiger partial charge is 0.457 e. The monoisotopic (exact) mass is 323 g/mol. The molecule has 4 heteroatoms. The third-order valence-electron chi connectivity index (χ3n) is 2.79. The summed E-state index contributed by atoms with van der Waals surface area (Å²) in [6.07, 6.45) is -0.469. The van der Waals surface area contributed by atoms with E-state index in [1.54, 1.807) is 0 Å². The second kappa shape index (κ2) is 8.07. The summed E-state index contributed by atoms with van der Waals surface area (Å²) in [5, 5.41) is 2.59. The first kappa shape index (κ1) is 17.4. The molecule has 0 aromatic heterocycles. The van der Waals surface area contributed by atoms with Crippen molar-refractivity contribution in [1.82, 2.24) is 5.32 Å². The van der Waals surface area contributed by atoms with Gasteiger partial charge in [-0.25, -0.2) is 4.79 Å². The predicted octanol–water partition coefficient (Wildman–Crippen LogP) is 4.36. The smallest absolute Gasteiger partial charge is 0.408 e. The van der Waals surface area contributed by atoms with Crippen LogP contribution >= 0.6 is 0 Å². The summed E-state index contributed by atoms with van der Waals surface area (Å²) in [4.78, 5) is 11.5. The van der Waals surface area contributed by atoms with E-state index in [4.69, 9.17) is 9.47 Å². The Bertz CT molecular complexity index is 719. The van der Waals surface area contributed by atoms with Crippen molar-refractivity contribution in [3.63, 3.8) is 0 Å². The summed E-state index contributed by atoms with van der Waals surface area (Å²) in [6, 6.07) is 17.1. The first-order chi connectivity index (χ1) is 11.4. The minimum Gasteiger partial charge on any atom is -0.457 e. The number of benzene rings is 2. The Kier molecular flexibility index (Phi) is 5.86. The summed E-state index contributed by atoms with van der Waals surface area (Å²) in [5.74, 6) is 7.40. The van der Waals surface area contributed by atoms with Crippen molar-refractivity contribution in [3.05, 3.63) is 60.2 Å². The number of hydrogen-bond donors (Lipinski definition) is 1. The fourth-order valence-corrected chi connectivity index (χ4v) is 1.81. The minimum atomic E-state index is -0.508. The molecular weight excluding hydrogens is 302 g/mol. The van der Waals surface area contributed by atoms with Crippen LogP contribution in [0.25, 0.3) is 0 Å². The fraction of sp³-hybridized carbons (Fsp3) is 0.250. The highest BCUT2D eigenvalue weighted by atomic mass is 16.6. The van der Waals surface area contributed by atoms with E-state index in [1.807, 2.05) is 75.4 Å². The molecule has 0 unspecified atom stereocenters. The maximum atomic E-state index is 11.5. The number of rotatable bonds is 3. The number of carbonyl (C=O) groups excluding carboxylic acids is 1. The lowest BCUT2D eigenvalue weighted by Crippen LogP contribution is -2.32. The van der Waals surface area contributed by atoms with E-state index in [0.29, 0.717) is 0 Å². The molecule has 24 heavy (non-hydrogen) atoms. The van der Waals surface area contributed by atoms with Crippen molar-refractivity contribution >= 4 is 6.09 Å². The van der Waals surface area contributed by atoms with Crippen LogP contribution in [0.1, 0.15) is 26.3 Å². The molecule has 0 bridgehead atoms. The Labute approximate surface area is 142 Å². The Hall–Kier alpha value is -2.93. The molecule has 0 spiro atoms. The highest BCUT2D eigenvalue weighted by molar-refractivity contribution is 5.68. The fourth-order valence-electron chi connectivity index (χ4n) is 1.81. The Balaban J connectivity index is 1.83. The topological polar surface area (TPSA) is 47.6 Å². The van der Waals surface area contributed by atoms with Gasteiger partial charge in [0.25, 0.3) is 0 Å². The van der Waals surface area contributed by atoms with Gasteiger partial charge in [0.05, 0.1) is 6.54 Å². The molecule has 2 aromatic rings. The molecule has 0 radical (unpaired) electrons. The lowest BCUT2D eigenvalue weighted by Gasteiger charge is -2.18. The molecule has 1 amide bonds. The summed E-state index contributed by atoms with van der Waals surface area (Å²) in [6.45, 7) is 5.68. The average molecular weight is 323 g/mol. The van der Waals surface area contributed by atoms with Gasteiger partial charge in [0.2, 0.25) is 0 Å². The van der Waals surface area contributed by atoms with Crippen molar-refractivity contribution in [2.45, 2.75) is 26.4 Å². The first-order valence-electron chi connectivity index (χ1n) is 7.71. The van der Waals surface area contributed by atoms with Crippen LogP contribution in [0.15, 0.2) is 54.6 Å². The van der Waals surface area contributed by atoms with Gasteiger partial charge < -0.3 is 14.8 Å². The van der Waals surface area contributed by atoms with Crippen molar-refractivity contribution in [3.8, 4) is 23.3 Å². The van der Waals surface area contributed by atoms with E-state index in [2.05, 4.69) is 17.2 Å². The molecule has 124 valence electrons. The molecule has 0 saturated heterocycles. The SMILES string of the molecule is CC(C)(C)OC(=O)NCC#Cc1ccc(Oc2ccccc2)cc1. The second-order valence-electron chi connectivity index (χ2n) is 6.10. The van der Waals surface area contributed by atoms with E-state index < -0.39 is 11.7 Å². The number of alkyl carbamates (subject to hydrolysis) is 1. The molecule has 0 fully saturated rings. The number of ether oxygens (including phenoxy) is 2. The molecule has 2 rings (SSSR count). The number of para-hydroxylation sites is 1. The van der Waals surface area contributed by atoms with Gasteiger partial charge in [-0.05, 0) is 57.2 Å². The zero-order chi connectivity index (χ0) is 17.4. The number of hydrogen-bond acceptors (Lipinski definition) is 3. The zero-order valence-electron chi connectivity index (χ0n) is 14.1. The van der Waals surface area contributed by atoms with Crippen LogP contribution in [0.2, 0.25) is 0 Å². The quantitative estimate of drug-likeness (QED) is 0.854. The van der Waals surface area contributed by atoms with E-state index in [0.717, 1.165) is 17.1 Å². The summed E-state index contributed by atoms with van der Waals surface area (Å²) >= 11 is 0. The Morgan fingerprint density at radius 3 is 2.25 bits per heavy atom. The summed E-state index contributed by atoms with van der Waals surface area (Å²) in [7, 11) is 0. The molecule has 0 aliphatic rings. The van der Waals surface area contributed by atoms with Crippen LogP contribution in [-0.2, 0) is 4.74 Å². The lowest BCUT2D eigenvalue weighted by atomic mass is 10.2. The van der Waals surface area contributed by atoms with Gasteiger partial charge in [-0.15, -0.1) is 0 Å². The van der Waals surface area contributed by atoms with Gasteiger partial charge >= 0.3 is 6.09 Å². The van der Waals surface area contributed by atoms with Gasteiger partial charge in [0, 0.05) is 5.56 Å². The van der Waals surface area contributed by atoms with Gasteiger partial charge in [-0.1, -0.05) is 30.0 Å². The standard InChI is InChI=1S/C20H21NO3/c1-20(2,3)24-19(22)21-15-7-8-16-11-13-18(14-12-16)23-17-9-5-4-6-10-17/h4-6,9-14H,15H2,1-3H3,(H,21,22). The molecule has 4 nitrogen and oxygen atoms in total. The molecule has 2 aromatic carbocycles. The third-order valence-corrected chi connectivity index (χ3v) is 2.79. The van der Waals surface area contributed by atoms with Gasteiger partial charge in [-0.2, -0.15) is 0 Å². The first-order valence-corrected chi connectivity index (χ1v) is 7.71. The summed E-state index contributed by atoms with van der Waals surface area (Å²) in [5.41, 5.74) is 0.341. The van der Waals surface area contributed by atoms with Gasteiger partial charge in [-0.3, -0.25) is 0 Å². The second-order valence-corrected chi connectivity index (χ2v) is 6.10. The van der Waals surface area contributed by atoms with E-state index in [9.17, 15) is 4.79 Å². The number of carbonyl (C=O) groups is 1. The lowest BCUT2D eigenvalue weighted by molar-refractivity contribution is 0.0535. The van der Waals surface area contributed by atoms with Crippen LogP contribution in [0.3, 0.4) is 0 Å². The molecule has 0 aliphatic heterocycles. The van der Waals surface area contributed by atoms with Crippen molar-refractivity contribution in [2.75, 3.05) is 6.54 Å². The maximum Gasteiger partial charge on any atom is 0.408 e. The Morgan fingerprint density at radius 2 is 1.62 bits per heavy atom. The van der Waals surface area contributed by atoms with Crippen LogP contribution in [0, 0.1) is 11.8 Å². The predicted molar refractivity (Wildman–Crippen MR) is 94.1 cm³/mol. The average Bonchev–Trinajstić information content (AvgIpc) is 2.52. The van der Waals surface area contributed by atoms with Gasteiger partial charge in [0.15, 0.2) is 0 Å². The van der Waals surface area contributed by atoms with Gasteiger partial charge in [0.1, 0.15) is 17.1 Å². The van der Waals surface area contributed by atoms with Crippen molar-refractivity contribution in [1.29, 1.82) is 0 Å². The number of nitrogens with one attached hydrogen (secondary N) is 1. The Morgan fingerprint density at radius 1 is 1.00 bits per heavy atom. The molecule has 1 N–H and O–H groups in total. The normalized spacial score (nSPS) is 10.3. The molecule has 0 saturated carbocycles. The summed E-state index contributed by atoms with van der Waals surface area (Å²) < 4.78 is 10.8. The van der Waals surface area contributed by atoms with Crippen LogP contribution in [0.5, 0.6) is 11.5 Å². The van der Waals surface area contributed by atoms with Crippen molar-refractivity contribution in [2.24, 2.45) is 0 Å². The molecule has 0 atom stereocenters. The van der Waals surface area contributed by atoms with Crippen LogP contribution in [-0.4, -0.2) is 18.2 Å². The molecule has 0 heterocycles. The molecule has 0 aliphatic carbocycles. The molecular formula is C20H21NO3. The highest BCUT2D eigenvalue weighted by Crippen LogP contribution is 2.20. The maximum absolute atomic E-state index is 11.5. The highest BCUT2D eigenvalue weighted by Gasteiger charge is 2.14. The third kappa shape index (κ3) is 6.45. The van der Waals surface area contributed by atoms with E-state index in [1.165, 1.54) is 0 Å².